The summed E-state index contributed by atoms with van der Waals surface area (Å²) in [5, 5.41) is 8.81. The topological polar surface area (TPSA) is 70.2 Å². The van der Waals surface area contributed by atoms with Crippen molar-refractivity contribution in [3.05, 3.63) is 65.7 Å². The van der Waals surface area contributed by atoms with E-state index >= 15 is 0 Å². The highest BCUT2D eigenvalue weighted by atomic mass is 16.2. The molecule has 3 N–H and O–H groups in total. The molecule has 1 saturated carbocycles. The van der Waals surface area contributed by atoms with E-state index in [1.807, 2.05) is 68.4 Å². The van der Waals surface area contributed by atoms with E-state index in [-0.39, 0.29) is 29.9 Å². The van der Waals surface area contributed by atoms with Crippen molar-refractivity contribution in [3.8, 4) is 0 Å². The number of amides is 3. The Bertz CT molecular complexity index is 755. The molecule has 0 aromatic heterocycles. The van der Waals surface area contributed by atoms with Crippen LogP contribution in [0.3, 0.4) is 0 Å². The summed E-state index contributed by atoms with van der Waals surface area (Å²) in [6.07, 6.45) is 1.97. The van der Waals surface area contributed by atoms with Gasteiger partial charge in [0.2, 0.25) is 5.91 Å². The Labute approximate surface area is 154 Å². The molecule has 2 aromatic carbocycles. The fourth-order valence-electron chi connectivity index (χ4n) is 2.79. The number of urea groups is 1. The van der Waals surface area contributed by atoms with Gasteiger partial charge in [0.25, 0.3) is 0 Å². The molecule has 0 unspecified atom stereocenters. The van der Waals surface area contributed by atoms with Gasteiger partial charge in [-0.3, -0.25) is 4.79 Å². The second-order valence-electron chi connectivity index (χ2n) is 6.86. The third kappa shape index (κ3) is 4.85. The molecule has 26 heavy (non-hydrogen) atoms. The lowest BCUT2D eigenvalue weighted by Crippen LogP contribution is -2.38. The molecule has 2 aromatic rings. The number of nitrogens with one attached hydrogen (secondary N) is 3. The quantitative estimate of drug-likeness (QED) is 0.731. The summed E-state index contributed by atoms with van der Waals surface area (Å²) in [5.74, 6) is 0.281. The van der Waals surface area contributed by atoms with Gasteiger partial charge in [-0.25, -0.2) is 4.79 Å². The largest absolute Gasteiger partial charge is 0.332 e. The summed E-state index contributed by atoms with van der Waals surface area (Å²) in [5.41, 5.74) is 2.84. The molecule has 0 spiro atoms. The maximum Gasteiger partial charge on any atom is 0.315 e. The minimum absolute atomic E-state index is 0.0663. The number of hydrogen-bond acceptors (Lipinski definition) is 2. The van der Waals surface area contributed by atoms with Crippen molar-refractivity contribution in [1.82, 2.24) is 10.6 Å². The van der Waals surface area contributed by atoms with Crippen molar-refractivity contribution in [2.45, 2.75) is 38.8 Å². The summed E-state index contributed by atoms with van der Waals surface area (Å²) in [4.78, 5) is 24.0. The summed E-state index contributed by atoms with van der Waals surface area (Å²) in [6, 6.07) is 17.0. The molecular weight excluding hydrogens is 326 g/mol. The lowest BCUT2D eigenvalue weighted by Gasteiger charge is -2.19. The molecule has 136 valence electrons. The van der Waals surface area contributed by atoms with Gasteiger partial charge in [0, 0.05) is 11.6 Å². The van der Waals surface area contributed by atoms with Crippen LogP contribution in [-0.2, 0) is 4.79 Å². The lowest BCUT2D eigenvalue weighted by atomic mass is 10.1. The SMILES string of the molecule is C[C@@H](NC(=O)N[C@H](C)c1ccc(NC(=O)C2CC2)cc1)c1ccccc1. The van der Waals surface area contributed by atoms with E-state index in [1.165, 1.54) is 0 Å². The third-order valence-corrected chi connectivity index (χ3v) is 4.62. The predicted octanol–water partition coefficient (Wildman–Crippen LogP) is 4.16. The highest BCUT2D eigenvalue weighted by Crippen LogP contribution is 2.30. The van der Waals surface area contributed by atoms with Crippen LogP contribution in [-0.4, -0.2) is 11.9 Å². The zero-order valence-electron chi connectivity index (χ0n) is 15.2. The molecule has 0 radical (unpaired) electrons. The highest BCUT2D eigenvalue weighted by molar-refractivity contribution is 5.94. The highest BCUT2D eigenvalue weighted by Gasteiger charge is 2.29. The Morgan fingerprint density at radius 3 is 1.92 bits per heavy atom. The van der Waals surface area contributed by atoms with Crippen LogP contribution in [0.4, 0.5) is 10.5 Å². The second-order valence-corrected chi connectivity index (χ2v) is 6.86. The molecule has 1 aliphatic rings. The monoisotopic (exact) mass is 351 g/mol. The van der Waals surface area contributed by atoms with Crippen molar-refractivity contribution < 1.29 is 9.59 Å². The summed E-state index contributed by atoms with van der Waals surface area (Å²) in [6.45, 7) is 3.89. The molecule has 5 heteroatoms. The van der Waals surface area contributed by atoms with Crippen molar-refractivity contribution in [3.63, 3.8) is 0 Å². The molecule has 0 heterocycles. The van der Waals surface area contributed by atoms with Gasteiger partial charge in [0.1, 0.15) is 0 Å². The average molecular weight is 351 g/mol. The van der Waals surface area contributed by atoms with Crippen molar-refractivity contribution >= 4 is 17.6 Å². The Kier molecular flexibility index (Phi) is 5.56. The smallest absolute Gasteiger partial charge is 0.315 e. The first-order valence-corrected chi connectivity index (χ1v) is 9.05. The maximum absolute atomic E-state index is 12.2. The van der Waals surface area contributed by atoms with Crippen LogP contribution in [0.1, 0.15) is 49.9 Å². The number of hydrogen-bond donors (Lipinski definition) is 3. The Hall–Kier alpha value is -2.82. The van der Waals surface area contributed by atoms with E-state index in [1.54, 1.807) is 0 Å². The zero-order valence-corrected chi connectivity index (χ0v) is 15.2. The lowest BCUT2D eigenvalue weighted by molar-refractivity contribution is -0.117. The molecule has 3 amide bonds. The zero-order chi connectivity index (χ0) is 18.5. The molecule has 3 rings (SSSR count). The van der Waals surface area contributed by atoms with Crippen LogP contribution in [0.2, 0.25) is 0 Å². The number of benzene rings is 2. The van der Waals surface area contributed by atoms with E-state index in [0.717, 1.165) is 29.7 Å². The van der Waals surface area contributed by atoms with E-state index in [9.17, 15) is 9.59 Å². The summed E-state index contributed by atoms with van der Waals surface area (Å²) < 4.78 is 0. The standard InChI is InChI=1S/C21H25N3O2/c1-14(16-6-4-3-5-7-16)22-21(26)23-15(2)17-10-12-19(13-11-17)24-20(25)18-8-9-18/h3-7,10-15,18H,8-9H2,1-2H3,(H,24,25)(H2,22,23,26)/t14-,15-/m1/s1. The number of carbonyl (C=O) groups is 2. The van der Waals surface area contributed by atoms with Gasteiger partial charge in [-0.1, -0.05) is 42.5 Å². The molecule has 2 atom stereocenters. The first-order chi connectivity index (χ1) is 12.5. The van der Waals surface area contributed by atoms with Gasteiger partial charge in [-0.15, -0.1) is 0 Å². The van der Waals surface area contributed by atoms with Crippen molar-refractivity contribution in [2.75, 3.05) is 5.32 Å². The van der Waals surface area contributed by atoms with Gasteiger partial charge >= 0.3 is 6.03 Å². The predicted molar refractivity (Wildman–Crippen MR) is 103 cm³/mol. The minimum atomic E-state index is -0.208. The fourth-order valence-corrected chi connectivity index (χ4v) is 2.79. The van der Waals surface area contributed by atoms with E-state index in [4.69, 9.17) is 0 Å². The summed E-state index contributed by atoms with van der Waals surface area (Å²) in [7, 11) is 0. The van der Waals surface area contributed by atoms with E-state index in [2.05, 4.69) is 16.0 Å². The average Bonchev–Trinajstić information content (AvgIpc) is 3.48. The van der Waals surface area contributed by atoms with Crippen LogP contribution in [0, 0.1) is 5.92 Å². The van der Waals surface area contributed by atoms with Crippen molar-refractivity contribution in [2.24, 2.45) is 5.92 Å². The molecule has 0 aliphatic heterocycles. The summed E-state index contributed by atoms with van der Waals surface area (Å²) >= 11 is 0. The van der Waals surface area contributed by atoms with Crippen LogP contribution in [0.5, 0.6) is 0 Å². The van der Waals surface area contributed by atoms with Gasteiger partial charge in [-0.05, 0) is 49.9 Å². The fraction of sp³-hybridized carbons (Fsp3) is 0.333. The molecule has 5 nitrogen and oxygen atoms in total. The first-order valence-electron chi connectivity index (χ1n) is 9.05. The molecule has 0 saturated heterocycles. The Balaban J connectivity index is 1.51. The van der Waals surface area contributed by atoms with Crippen molar-refractivity contribution in [1.29, 1.82) is 0 Å². The third-order valence-electron chi connectivity index (χ3n) is 4.62. The van der Waals surface area contributed by atoms with Gasteiger partial charge in [0.15, 0.2) is 0 Å². The number of carbonyl (C=O) groups excluding carboxylic acids is 2. The number of anilines is 1. The maximum atomic E-state index is 12.2. The molecule has 1 fully saturated rings. The van der Waals surface area contributed by atoms with Gasteiger partial charge < -0.3 is 16.0 Å². The Morgan fingerprint density at radius 2 is 1.38 bits per heavy atom. The Morgan fingerprint density at radius 1 is 0.846 bits per heavy atom. The molecule has 1 aliphatic carbocycles. The molecule has 0 bridgehead atoms. The van der Waals surface area contributed by atoms with E-state index < -0.39 is 0 Å². The van der Waals surface area contributed by atoms with Crippen LogP contribution in [0.25, 0.3) is 0 Å². The second kappa shape index (κ2) is 8.04. The minimum Gasteiger partial charge on any atom is -0.332 e. The van der Waals surface area contributed by atoms with Crippen LogP contribution < -0.4 is 16.0 Å². The van der Waals surface area contributed by atoms with E-state index in [0.29, 0.717) is 0 Å². The normalized spacial score (nSPS) is 15.6. The molecular formula is C21H25N3O2. The number of rotatable bonds is 6. The first kappa shape index (κ1) is 18.0. The van der Waals surface area contributed by atoms with Crippen LogP contribution >= 0.6 is 0 Å². The van der Waals surface area contributed by atoms with Crippen LogP contribution in [0.15, 0.2) is 54.6 Å². The van der Waals surface area contributed by atoms with Gasteiger partial charge in [-0.2, -0.15) is 0 Å². The van der Waals surface area contributed by atoms with Gasteiger partial charge in [0.05, 0.1) is 12.1 Å².